The Labute approximate surface area is 258 Å². The Morgan fingerprint density at radius 1 is 0.952 bits per heavy atom. The molecule has 6 rings (SSSR count). The molecule has 210 valence electrons. The van der Waals surface area contributed by atoms with Gasteiger partial charge in [-0.2, -0.15) is 9.78 Å². The molecular weight excluding hydrogens is 662 g/mol. The van der Waals surface area contributed by atoms with E-state index in [4.69, 9.17) is 18.9 Å². The van der Waals surface area contributed by atoms with Crippen molar-refractivity contribution in [3.05, 3.63) is 121 Å². The molecule has 9 heteroatoms. The van der Waals surface area contributed by atoms with Crippen molar-refractivity contribution in [2.75, 3.05) is 6.61 Å². The van der Waals surface area contributed by atoms with Crippen LogP contribution in [-0.4, -0.2) is 22.5 Å². The highest BCUT2D eigenvalue weighted by molar-refractivity contribution is 9.10. The molecule has 0 amide bonds. The lowest BCUT2D eigenvalue weighted by Crippen LogP contribution is -2.20. The van der Waals surface area contributed by atoms with Crippen LogP contribution >= 0.6 is 31.9 Å². The maximum Gasteiger partial charge on any atom is 0.282 e. The molecule has 42 heavy (non-hydrogen) atoms. The zero-order valence-corrected chi connectivity index (χ0v) is 26.0. The number of aryl methyl sites for hydroxylation is 1. The molecule has 0 saturated carbocycles. The third-order valence-corrected chi connectivity index (χ3v) is 7.78. The van der Waals surface area contributed by atoms with Crippen LogP contribution in [0.15, 0.2) is 108 Å². The van der Waals surface area contributed by atoms with Gasteiger partial charge in [0.25, 0.3) is 5.56 Å². The normalized spacial score (nSPS) is 11.5. The lowest BCUT2D eigenvalue weighted by Gasteiger charge is -2.14. The highest BCUT2D eigenvalue weighted by Crippen LogP contribution is 2.34. The van der Waals surface area contributed by atoms with Crippen molar-refractivity contribution >= 4 is 59.9 Å². The summed E-state index contributed by atoms with van der Waals surface area (Å²) in [4.78, 5) is 18.4. The zero-order chi connectivity index (χ0) is 29.2. The van der Waals surface area contributed by atoms with E-state index < -0.39 is 0 Å². The van der Waals surface area contributed by atoms with Gasteiger partial charge in [0.15, 0.2) is 17.3 Å². The van der Waals surface area contributed by atoms with Crippen molar-refractivity contribution in [3.63, 3.8) is 0 Å². The number of aromatic nitrogens is 2. The standard InChI is InChI=1S/C33H25Br2N3O4/c1-3-40-29-16-23(26(35)17-30(29)41-19-21-8-6-7-20(2)13-21)18-36-38-32(37-27-10-5-4-9-25(27)33(38)39)31-15-22-14-24(34)11-12-28(22)42-31/h4-18H,3,19H2,1-2H3. The van der Waals surface area contributed by atoms with Crippen molar-refractivity contribution < 1.29 is 13.9 Å². The molecule has 2 aromatic heterocycles. The summed E-state index contributed by atoms with van der Waals surface area (Å²) in [5.74, 6) is 1.89. The van der Waals surface area contributed by atoms with E-state index in [0.29, 0.717) is 58.3 Å². The van der Waals surface area contributed by atoms with Crippen LogP contribution in [0.2, 0.25) is 0 Å². The minimum Gasteiger partial charge on any atom is -0.490 e. The molecule has 0 spiro atoms. The van der Waals surface area contributed by atoms with Gasteiger partial charge in [-0.1, -0.05) is 57.9 Å². The van der Waals surface area contributed by atoms with Gasteiger partial charge in [-0.3, -0.25) is 4.79 Å². The van der Waals surface area contributed by atoms with Crippen LogP contribution in [-0.2, 0) is 6.61 Å². The summed E-state index contributed by atoms with van der Waals surface area (Å²) in [6.45, 7) is 4.82. The first-order valence-electron chi connectivity index (χ1n) is 13.3. The van der Waals surface area contributed by atoms with Crippen LogP contribution in [0.5, 0.6) is 11.5 Å². The number of hydrogen-bond donors (Lipinski definition) is 0. The monoisotopic (exact) mass is 685 g/mol. The Morgan fingerprint density at radius 2 is 1.79 bits per heavy atom. The number of fused-ring (bicyclic) bond motifs is 2. The second-order valence-corrected chi connectivity index (χ2v) is 11.4. The first-order chi connectivity index (χ1) is 20.4. The van der Waals surface area contributed by atoms with Crippen molar-refractivity contribution in [3.8, 4) is 23.1 Å². The third-order valence-electron chi connectivity index (χ3n) is 6.60. The summed E-state index contributed by atoms with van der Waals surface area (Å²) in [5, 5.41) is 5.93. The van der Waals surface area contributed by atoms with Crippen molar-refractivity contribution in [1.82, 2.24) is 9.66 Å². The fourth-order valence-corrected chi connectivity index (χ4v) is 5.43. The maximum atomic E-state index is 13.7. The molecule has 0 saturated heterocycles. The number of halogens is 2. The fourth-order valence-electron chi connectivity index (χ4n) is 4.63. The number of rotatable bonds is 8. The summed E-state index contributed by atoms with van der Waals surface area (Å²) in [6.07, 6.45) is 1.59. The SMILES string of the molecule is CCOc1cc(C=Nn2c(-c3cc4cc(Br)ccc4o3)nc3ccccc3c2=O)c(Br)cc1OCc1cccc(C)c1. The maximum absolute atomic E-state index is 13.7. The molecule has 0 fully saturated rings. The summed E-state index contributed by atoms with van der Waals surface area (Å²) < 4.78 is 21.1. The van der Waals surface area contributed by atoms with Crippen LogP contribution < -0.4 is 15.0 Å². The molecule has 0 N–H and O–H groups in total. The van der Waals surface area contributed by atoms with Crippen LogP contribution in [0.4, 0.5) is 0 Å². The first-order valence-corrected chi connectivity index (χ1v) is 14.9. The Morgan fingerprint density at radius 3 is 2.62 bits per heavy atom. The van der Waals surface area contributed by atoms with Crippen molar-refractivity contribution in [1.29, 1.82) is 0 Å². The number of hydrogen-bond acceptors (Lipinski definition) is 6. The minimum atomic E-state index is -0.312. The van der Waals surface area contributed by atoms with Gasteiger partial charge in [-0.25, -0.2) is 4.98 Å². The Balaban J connectivity index is 1.41. The van der Waals surface area contributed by atoms with Gasteiger partial charge in [-0.05, 0) is 83.9 Å². The number of benzene rings is 4. The quantitative estimate of drug-likeness (QED) is 0.150. The summed E-state index contributed by atoms with van der Waals surface area (Å²) in [7, 11) is 0. The van der Waals surface area contributed by atoms with Crippen molar-refractivity contribution in [2.24, 2.45) is 5.10 Å². The van der Waals surface area contributed by atoms with Crippen LogP contribution in [0, 0.1) is 6.92 Å². The summed E-state index contributed by atoms with van der Waals surface area (Å²) in [6, 6.07) is 26.6. The Bertz CT molecular complexity index is 2030. The van der Waals surface area contributed by atoms with E-state index >= 15 is 0 Å². The molecule has 0 aliphatic carbocycles. The Hall–Kier alpha value is -4.21. The molecule has 7 nitrogen and oxygen atoms in total. The predicted molar refractivity (Wildman–Crippen MR) is 173 cm³/mol. The smallest absolute Gasteiger partial charge is 0.282 e. The molecule has 2 heterocycles. The summed E-state index contributed by atoms with van der Waals surface area (Å²) >= 11 is 7.14. The van der Waals surface area contributed by atoms with Crippen molar-refractivity contribution in [2.45, 2.75) is 20.5 Å². The van der Waals surface area contributed by atoms with Gasteiger partial charge in [0.2, 0.25) is 5.82 Å². The van der Waals surface area contributed by atoms with E-state index in [1.807, 2.05) is 61.5 Å². The molecule has 0 aliphatic heterocycles. The van der Waals surface area contributed by atoms with Gasteiger partial charge in [0, 0.05) is 19.9 Å². The van der Waals surface area contributed by atoms with Gasteiger partial charge >= 0.3 is 0 Å². The second kappa shape index (κ2) is 12.0. The first kappa shape index (κ1) is 27.9. The van der Waals surface area contributed by atoms with Crippen LogP contribution in [0.25, 0.3) is 33.5 Å². The van der Waals surface area contributed by atoms with Crippen LogP contribution in [0.1, 0.15) is 23.6 Å². The molecule has 0 radical (unpaired) electrons. The van der Waals surface area contributed by atoms with Crippen LogP contribution in [0.3, 0.4) is 0 Å². The molecule has 0 bridgehead atoms. The molecule has 0 unspecified atom stereocenters. The van der Waals surface area contributed by atoms with E-state index in [1.54, 1.807) is 24.4 Å². The summed E-state index contributed by atoms with van der Waals surface area (Å²) in [5.41, 5.74) is 3.85. The predicted octanol–water partition coefficient (Wildman–Crippen LogP) is 8.50. The number of nitrogens with zero attached hydrogens (tertiary/aromatic N) is 3. The topological polar surface area (TPSA) is 78.9 Å². The average molecular weight is 687 g/mol. The average Bonchev–Trinajstić information content (AvgIpc) is 3.40. The van der Waals surface area contributed by atoms with Gasteiger partial charge in [-0.15, -0.1) is 0 Å². The van der Waals surface area contributed by atoms with E-state index in [-0.39, 0.29) is 5.56 Å². The molecule has 0 atom stereocenters. The Kier molecular flexibility index (Phi) is 7.95. The molecule has 6 aromatic rings. The fraction of sp³-hybridized carbons (Fsp3) is 0.121. The van der Waals surface area contributed by atoms with E-state index in [0.717, 1.165) is 19.9 Å². The number of para-hydroxylation sites is 1. The largest absolute Gasteiger partial charge is 0.490 e. The van der Waals surface area contributed by atoms with Gasteiger partial charge in [0.05, 0.1) is 23.7 Å². The minimum absolute atomic E-state index is 0.293. The molecule has 0 aliphatic rings. The second-order valence-electron chi connectivity index (χ2n) is 9.64. The number of ether oxygens (including phenoxy) is 2. The number of furan rings is 1. The highest BCUT2D eigenvalue weighted by atomic mass is 79.9. The van der Waals surface area contributed by atoms with E-state index in [2.05, 4.69) is 56.0 Å². The lowest BCUT2D eigenvalue weighted by atomic mass is 10.1. The zero-order valence-electron chi connectivity index (χ0n) is 22.8. The lowest BCUT2D eigenvalue weighted by molar-refractivity contribution is 0.269. The molecular formula is C33H25Br2N3O4. The third kappa shape index (κ3) is 5.75. The van der Waals surface area contributed by atoms with E-state index in [9.17, 15) is 4.79 Å². The van der Waals surface area contributed by atoms with E-state index in [1.165, 1.54) is 10.2 Å². The highest BCUT2D eigenvalue weighted by Gasteiger charge is 2.17. The molecule has 4 aromatic carbocycles. The van der Waals surface area contributed by atoms with Gasteiger partial charge in [0.1, 0.15) is 12.2 Å². The van der Waals surface area contributed by atoms with Gasteiger partial charge < -0.3 is 13.9 Å².